The lowest BCUT2D eigenvalue weighted by molar-refractivity contribution is 0.0790. The van der Waals surface area contributed by atoms with Crippen molar-refractivity contribution < 1.29 is 4.79 Å². The quantitative estimate of drug-likeness (QED) is 0.845. The second-order valence-corrected chi connectivity index (χ2v) is 3.99. The lowest BCUT2D eigenvalue weighted by Gasteiger charge is -2.15. The lowest BCUT2D eigenvalue weighted by Crippen LogP contribution is -2.31. The molecule has 1 aromatic heterocycles. The molecule has 0 aromatic carbocycles. The highest BCUT2D eigenvalue weighted by atomic mass is 35.5. The predicted octanol–water partition coefficient (Wildman–Crippen LogP) is 1.41. The van der Waals surface area contributed by atoms with Gasteiger partial charge in [-0.05, 0) is 25.5 Å². The van der Waals surface area contributed by atoms with E-state index in [1.165, 1.54) is 0 Å². The van der Waals surface area contributed by atoms with Crippen LogP contribution in [0.2, 0.25) is 0 Å². The van der Waals surface area contributed by atoms with Crippen LogP contribution in [0.1, 0.15) is 22.5 Å². The van der Waals surface area contributed by atoms with Crippen LogP contribution >= 0.6 is 24.8 Å². The zero-order valence-corrected chi connectivity index (χ0v) is 11.3. The van der Waals surface area contributed by atoms with E-state index in [2.05, 4.69) is 4.98 Å². The lowest BCUT2D eigenvalue weighted by atomic mass is 10.2. The van der Waals surface area contributed by atoms with Gasteiger partial charge in [0.2, 0.25) is 0 Å². The number of likely N-dealkylation sites (tertiary alicyclic amines) is 1. The van der Waals surface area contributed by atoms with Crippen LogP contribution in [-0.2, 0) is 0 Å². The number of hydrogen-bond donors (Lipinski definition) is 1. The van der Waals surface area contributed by atoms with Crippen molar-refractivity contribution >= 4 is 30.7 Å². The average Bonchev–Trinajstić information content (AvgIpc) is 2.65. The molecule has 0 bridgehead atoms. The third kappa shape index (κ3) is 3.84. The van der Waals surface area contributed by atoms with E-state index in [1.807, 2.05) is 19.1 Å². The van der Waals surface area contributed by atoms with Crippen molar-refractivity contribution in [1.29, 1.82) is 0 Å². The van der Waals surface area contributed by atoms with E-state index in [4.69, 9.17) is 5.73 Å². The molecule has 1 atom stereocenters. The summed E-state index contributed by atoms with van der Waals surface area (Å²) in [7, 11) is 0. The fourth-order valence-corrected chi connectivity index (χ4v) is 1.75. The fourth-order valence-electron chi connectivity index (χ4n) is 1.75. The van der Waals surface area contributed by atoms with E-state index in [1.54, 1.807) is 11.1 Å². The van der Waals surface area contributed by atoms with Gasteiger partial charge in [0.05, 0.1) is 5.56 Å². The topological polar surface area (TPSA) is 59.2 Å². The fraction of sp³-hybridized carbons (Fsp3) is 0.455. The summed E-state index contributed by atoms with van der Waals surface area (Å²) in [5, 5.41) is 0. The molecule has 6 heteroatoms. The first-order valence-corrected chi connectivity index (χ1v) is 5.14. The van der Waals surface area contributed by atoms with Crippen molar-refractivity contribution in [3.05, 3.63) is 29.6 Å². The highest BCUT2D eigenvalue weighted by Crippen LogP contribution is 2.11. The highest BCUT2D eigenvalue weighted by molar-refractivity contribution is 5.94. The van der Waals surface area contributed by atoms with E-state index in [9.17, 15) is 4.79 Å². The van der Waals surface area contributed by atoms with Crippen molar-refractivity contribution in [3.8, 4) is 0 Å². The molecule has 17 heavy (non-hydrogen) atoms. The minimum absolute atomic E-state index is 0. The Hall–Kier alpha value is -0.840. The molecule has 0 unspecified atom stereocenters. The Bertz CT molecular complexity index is 369. The minimum Gasteiger partial charge on any atom is -0.337 e. The first-order chi connectivity index (χ1) is 7.16. The molecule has 1 amide bonds. The Labute approximate surface area is 113 Å². The van der Waals surface area contributed by atoms with Crippen LogP contribution in [-0.4, -0.2) is 34.9 Å². The Kier molecular flexibility index (Phi) is 6.45. The highest BCUT2D eigenvalue weighted by Gasteiger charge is 2.24. The molecule has 0 radical (unpaired) electrons. The zero-order chi connectivity index (χ0) is 10.8. The van der Waals surface area contributed by atoms with Gasteiger partial charge in [-0.2, -0.15) is 0 Å². The Balaban J connectivity index is 0.00000128. The van der Waals surface area contributed by atoms with Crippen LogP contribution in [0.15, 0.2) is 18.3 Å². The van der Waals surface area contributed by atoms with Gasteiger partial charge in [0.25, 0.3) is 5.91 Å². The number of carbonyl (C=O) groups is 1. The SMILES string of the molecule is Cc1ccc(C(=O)N2CC[C@H](N)C2)cn1.Cl.Cl. The van der Waals surface area contributed by atoms with Gasteiger partial charge in [-0.3, -0.25) is 9.78 Å². The molecule has 1 aliphatic rings. The van der Waals surface area contributed by atoms with Crippen LogP contribution in [0.4, 0.5) is 0 Å². The summed E-state index contributed by atoms with van der Waals surface area (Å²) in [4.78, 5) is 17.8. The summed E-state index contributed by atoms with van der Waals surface area (Å²) in [6, 6.07) is 3.80. The van der Waals surface area contributed by atoms with Gasteiger partial charge in [-0.25, -0.2) is 0 Å². The van der Waals surface area contributed by atoms with Crippen LogP contribution < -0.4 is 5.73 Å². The van der Waals surface area contributed by atoms with Crippen LogP contribution in [0, 0.1) is 6.92 Å². The molecule has 1 fully saturated rings. The van der Waals surface area contributed by atoms with Gasteiger partial charge in [-0.15, -0.1) is 24.8 Å². The largest absolute Gasteiger partial charge is 0.337 e. The van der Waals surface area contributed by atoms with Gasteiger partial charge in [0, 0.05) is 31.0 Å². The second-order valence-electron chi connectivity index (χ2n) is 3.99. The number of pyridine rings is 1. The Morgan fingerprint density at radius 3 is 2.65 bits per heavy atom. The Morgan fingerprint density at radius 2 is 2.18 bits per heavy atom. The number of amides is 1. The molecule has 0 spiro atoms. The first-order valence-electron chi connectivity index (χ1n) is 5.14. The van der Waals surface area contributed by atoms with E-state index in [0.29, 0.717) is 12.1 Å². The monoisotopic (exact) mass is 277 g/mol. The molecule has 96 valence electrons. The number of carbonyl (C=O) groups excluding carboxylic acids is 1. The molecule has 1 aliphatic heterocycles. The summed E-state index contributed by atoms with van der Waals surface area (Å²) < 4.78 is 0. The maximum absolute atomic E-state index is 11.9. The number of rotatable bonds is 1. The van der Waals surface area contributed by atoms with Gasteiger partial charge in [0.1, 0.15) is 0 Å². The summed E-state index contributed by atoms with van der Waals surface area (Å²) in [5.74, 6) is 0.0375. The van der Waals surface area contributed by atoms with Gasteiger partial charge < -0.3 is 10.6 Å². The van der Waals surface area contributed by atoms with Crippen molar-refractivity contribution in [2.75, 3.05) is 13.1 Å². The molecular formula is C11H17Cl2N3O. The predicted molar refractivity (Wildman–Crippen MR) is 72.0 cm³/mol. The van der Waals surface area contributed by atoms with Crippen LogP contribution in [0.5, 0.6) is 0 Å². The first kappa shape index (κ1) is 16.2. The summed E-state index contributed by atoms with van der Waals surface area (Å²) in [6.07, 6.45) is 2.52. The smallest absolute Gasteiger partial charge is 0.255 e. The van der Waals surface area contributed by atoms with E-state index in [-0.39, 0.29) is 36.8 Å². The average molecular weight is 278 g/mol. The molecule has 4 nitrogen and oxygen atoms in total. The maximum atomic E-state index is 11.9. The van der Waals surface area contributed by atoms with Crippen molar-refractivity contribution in [2.45, 2.75) is 19.4 Å². The zero-order valence-electron chi connectivity index (χ0n) is 9.63. The second kappa shape index (κ2) is 6.79. The van der Waals surface area contributed by atoms with Crippen LogP contribution in [0.3, 0.4) is 0 Å². The summed E-state index contributed by atoms with van der Waals surface area (Å²) in [6.45, 7) is 3.32. The summed E-state index contributed by atoms with van der Waals surface area (Å²) >= 11 is 0. The molecule has 2 N–H and O–H groups in total. The van der Waals surface area contributed by atoms with E-state index >= 15 is 0 Å². The number of aromatic nitrogens is 1. The standard InChI is InChI=1S/C11H15N3O.2ClH/c1-8-2-3-9(6-13-8)11(15)14-5-4-10(12)7-14;;/h2-3,6,10H,4-5,7,12H2,1H3;2*1H/t10-;;/m0../s1. The van der Waals surface area contributed by atoms with Crippen LogP contribution in [0.25, 0.3) is 0 Å². The molecule has 1 aromatic rings. The minimum atomic E-state index is 0. The number of halogens is 2. The number of hydrogen-bond acceptors (Lipinski definition) is 3. The van der Waals surface area contributed by atoms with Gasteiger partial charge in [-0.1, -0.05) is 0 Å². The molecule has 0 saturated carbocycles. The van der Waals surface area contributed by atoms with Crippen molar-refractivity contribution in [3.63, 3.8) is 0 Å². The molecular weight excluding hydrogens is 261 g/mol. The Morgan fingerprint density at radius 1 is 1.47 bits per heavy atom. The molecule has 1 saturated heterocycles. The van der Waals surface area contributed by atoms with Crippen molar-refractivity contribution in [1.82, 2.24) is 9.88 Å². The number of nitrogens with zero attached hydrogens (tertiary/aromatic N) is 2. The van der Waals surface area contributed by atoms with Crippen molar-refractivity contribution in [2.24, 2.45) is 5.73 Å². The molecule has 0 aliphatic carbocycles. The third-order valence-corrected chi connectivity index (χ3v) is 2.67. The summed E-state index contributed by atoms with van der Waals surface area (Å²) in [5.41, 5.74) is 7.32. The maximum Gasteiger partial charge on any atom is 0.255 e. The molecule has 2 rings (SSSR count). The van der Waals surface area contributed by atoms with Gasteiger partial charge >= 0.3 is 0 Å². The van der Waals surface area contributed by atoms with Gasteiger partial charge in [0.15, 0.2) is 0 Å². The number of nitrogens with two attached hydrogens (primary N) is 1. The normalized spacial score (nSPS) is 18.2. The van der Waals surface area contributed by atoms with E-state index < -0.39 is 0 Å². The van der Waals surface area contributed by atoms with E-state index in [0.717, 1.165) is 18.7 Å². The third-order valence-electron chi connectivity index (χ3n) is 2.67. The molecule has 2 heterocycles. The number of aryl methyl sites for hydroxylation is 1.